The topological polar surface area (TPSA) is 197 Å². The number of ether oxygens (including phenoxy) is 2. The number of thiazole rings is 1. The second-order valence-corrected chi connectivity index (χ2v) is 21.1. The van der Waals surface area contributed by atoms with Gasteiger partial charge in [0.1, 0.15) is 18.1 Å². The Morgan fingerprint density at radius 3 is 2.59 bits per heavy atom. The van der Waals surface area contributed by atoms with Crippen molar-refractivity contribution < 1.29 is 37.1 Å². The van der Waals surface area contributed by atoms with Gasteiger partial charge in [0.05, 0.1) is 47.1 Å². The van der Waals surface area contributed by atoms with E-state index < -0.39 is 63.4 Å². The van der Waals surface area contributed by atoms with E-state index in [0.717, 1.165) is 50.9 Å². The van der Waals surface area contributed by atoms with Crippen molar-refractivity contribution in [3.63, 3.8) is 0 Å². The quantitative estimate of drug-likeness (QED) is 0.189. The van der Waals surface area contributed by atoms with Crippen molar-refractivity contribution >= 4 is 56.1 Å². The molecule has 3 aliphatic heterocycles. The van der Waals surface area contributed by atoms with Crippen molar-refractivity contribution in [1.82, 2.24) is 44.8 Å². The first-order chi connectivity index (χ1) is 30.3. The third-order valence-corrected chi connectivity index (χ3v) is 13.9. The number of urea groups is 1. The van der Waals surface area contributed by atoms with Gasteiger partial charge in [0.25, 0.3) is 5.91 Å². The first-order valence-electron chi connectivity index (χ1n) is 21.9. The molecule has 0 aliphatic carbocycles. The molecule has 4 aromatic rings. The van der Waals surface area contributed by atoms with Crippen LogP contribution in [0.5, 0.6) is 0 Å². The van der Waals surface area contributed by atoms with Crippen molar-refractivity contribution in [2.24, 2.45) is 11.3 Å². The fraction of sp³-hybridized carbons (Fsp3) is 0.556. The van der Waals surface area contributed by atoms with Crippen molar-refractivity contribution in [2.75, 3.05) is 46.7 Å². The second kappa shape index (κ2) is 18.9. The lowest BCUT2D eigenvalue weighted by atomic mass is 9.84. The molecule has 2 fully saturated rings. The summed E-state index contributed by atoms with van der Waals surface area (Å²) in [5.74, 6) is -1.81. The highest BCUT2D eigenvalue weighted by Crippen LogP contribution is 2.42. The van der Waals surface area contributed by atoms with Crippen LogP contribution in [-0.2, 0) is 53.3 Å². The number of amides is 4. The molecule has 0 radical (unpaired) electrons. The fourth-order valence-electron chi connectivity index (χ4n) is 9.10. The molecular formula is C45H61N9O8S2. The van der Waals surface area contributed by atoms with Crippen LogP contribution in [0.3, 0.4) is 0 Å². The molecule has 0 spiro atoms. The SMILES string of the molecule is CCn1c(-c2cccnc2[C@H](C)OC)c2c3cc(ccc31)-c1csc(n1)C[C@H](NC(=O)[C@H](C(C)C)N(C)C(=O)N1CC(NS(C)(=O)=O)C1)C(=O)N1CCC[C@H](N1)C(=O)OCC(C)(C)C2. The van der Waals surface area contributed by atoms with Gasteiger partial charge in [0.15, 0.2) is 0 Å². The molecule has 3 N–H and O–H groups in total. The predicted molar refractivity (Wildman–Crippen MR) is 244 cm³/mol. The smallest absolute Gasteiger partial charge is 0.324 e. The predicted octanol–water partition coefficient (Wildman–Crippen LogP) is 4.51. The third-order valence-electron chi connectivity index (χ3n) is 12.3. The molecule has 17 nitrogen and oxygen atoms in total. The highest BCUT2D eigenvalue weighted by atomic mass is 32.2. The number of hydrogen-bond acceptors (Lipinski definition) is 12. The van der Waals surface area contributed by atoms with Crippen LogP contribution < -0.4 is 15.5 Å². The average molecular weight is 920 g/mol. The Kier molecular flexibility index (Phi) is 13.9. The van der Waals surface area contributed by atoms with Crippen LogP contribution in [0.2, 0.25) is 0 Å². The Labute approximate surface area is 379 Å². The fourth-order valence-corrected chi connectivity index (χ4v) is 10.7. The number of aryl methyl sites for hydroxylation is 1. The molecule has 6 bridgehead atoms. The van der Waals surface area contributed by atoms with Crippen LogP contribution in [0.1, 0.15) is 76.8 Å². The number of nitrogens with one attached hydrogen (secondary N) is 3. The molecule has 7 rings (SSSR count). The number of benzene rings is 1. The van der Waals surface area contributed by atoms with Gasteiger partial charge in [-0.05, 0) is 68.9 Å². The average Bonchev–Trinajstić information content (AvgIpc) is 3.83. The third kappa shape index (κ3) is 9.97. The number of hydrogen-bond donors (Lipinski definition) is 3. The van der Waals surface area contributed by atoms with Gasteiger partial charge in [-0.1, -0.05) is 33.8 Å². The molecule has 4 atom stereocenters. The van der Waals surface area contributed by atoms with Crippen molar-refractivity contribution in [2.45, 2.75) is 104 Å². The van der Waals surface area contributed by atoms with Gasteiger partial charge in [-0.15, -0.1) is 11.3 Å². The lowest BCUT2D eigenvalue weighted by Crippen LogP contribution is -2.65. The zero-order valence-corrected chi connectivity index (χ0v) is 39.8. The molecule has 0 unspecified atom stereocenters. The number of aromatic nitrogens is 3. The normalized spacial score (nSPS) is 20.7. The standard InChI is InChI=1S/C45H61N9O8S2/c1-10-53-36-16-15-28-19-31(36)32(40(53)30-13-11-17-46-38(30)27(4)61-8)21-45(5,6)25-62-43(57)33-14-12-18-54(49-33)42(56)34(20-37-47-35(28)24-63-37)48-41(55)39(26(2)3)51(7)44(58)52-22-29(23-52)50-64(9,59)60/h11,13,15-17,19,24,26-27,29,33-34,39,49-50H,10,12,14,18,20-23,25H2,1-9H3,(H,48,55)/t27-,33-,34-,39-/m0/s1. The van der Waals surface area contributed by atoms with Crippen molar-refractivity contribution in [3.8, 4) is 22.5 Å². The van der Waals surface area contributed by atoms with E-state index in [1.54, 1.807) is 13.3 Å². The minimum atomic E-state index is -3.45. The number of cyclic esters (lactones) is 1. The minimum Gasteiger partial charge on any atom is -0.464 e. The Hall–Kier alpha value is -4.95. The largest absolute Gasteiger partial charge is 0.464 e. The summed E-state index contributed by atoms with van der Waals surface area (Å²) in [5, 5.41) is 7.97. The molecular weight excluding hydrogens is 859 g/mol. The van der Waals surface area contributed by atoms with E-state index in [4.69, 9.17) is 19.4 Å². The summed E-state index contributed by atoms with van der Waals surface area (Å²) in [6, 6.07) is 6.61. The molecule has 346 valence electrons. The van der Waals surface area contributed by atoms with Crippen LogP contribution in [0.15, 0.2) is 41.9 Å². The molecule has 3 aromatic heterocycles. The highest BCUT2D eigenvalue weighted by molar-refractivity contribution is 7.88. The number of likely N-dealkylation sites (N-methyl/N-ethyl adjacent to an activating group) is 1. The molecule has 19 heteroatoms. The number of rotatable bonds is 10. The van der Waals surface area contributed by atoms with Crippen LogP contribution in [-0.4, -0.2) is 132 Å². The molecule has 6 heterocycles. The van der Waals surface area contributed by atoms with Gasteiger partial charge >= 0.3 is 12.0 Å². The van der Waals surface area contributed by atoms with Gasteiger partial charge in [-0.2, -0.15) is 0 Å². The van der Waals surface area contributed by atoms with Crippen molar-refractivity contribution in [3.05, 3.63) is 58.2 Å². The zero-order valence-electron chi connectivity index (χ0n) is 38.1. The second-order valence-electron chi connectivity index (χ2n) is 18.3. The first-order valence-corrected chi connectivity index (χ1v) is 24.7. The molecule has 3 aliphatic rings. The first kappa shape index (κ1) is 47.0. The summed E-state index contributed by atoms with van der Waals surface area (Å²) in [6.07, 6.45) is 4.18. The number of hydrazine groups is 1. The number of fused-ring (bicyclic) bond motifs is 6. The Balaban J connectivity index is 1.26. The molecule has 64 heavy (non-hydrogen) atoms. The number of sulfonamides is 1. The number of pyridine rings is 1. The Morgan fingerprint density at radius 2 is 1.91 bits per heavy atom. The summed E-state index contributed by atoms with van der Waals surface area (Å²) < 4.78 is 40.1. The van der Waals surface area contributed by atoms with E-state index in [-0.39, 0.29) is 38.1 Å². The van der Waals surface area contributed by atoms with Gasteiger partial charge in [-0.25, -0.2) is 28.3 Å². The number of likely N-dealkylation sites (tertiary alicyclic amines) is 1. The maximum atomic E-state index is 14.5. The van der Waals surface area contributed by atoms with Crippen LogP contribution >= 0.6 is 11.3 Å². The Morgan fingerprint density at radius 1 is 1.16 bits per heavy atom. The molecule has 1 aromatic carbocycles. The number of nitrogens with zero attached hydrogens (tertiary/aromatic N) is 6. The summed E-state index contributed by atoms with van der Waals surface area (Å²) in [5.41, 5.74) is 9.14. The van der Waals surface area contributed by atoms with Gasteiger partial charge in [0, 0.05) is 85.8 Å². The van der Waals surface area contributed by atoms with Crippen LogP contribution in [0.25, 0.3) is 33.4 Å². The van der Waals surface area contributed by atoms with E-state index in [9.17, 15) is 27.6 Å². The number of carbonyl (C=O) groups is 4. The molecule has 4 amide bonds. The van der Waals surface area contributed by atoms with E-state index in [1.165, 1.54) is 33.2 Å². The van der Waals surface area contributed by atoms with Gasteiger partial charge < -0.3 is 29.2 Å². The van der Waals surface area contributed by atoms with Gasteiger partial charge in [0.2, 0.25) is 15.9 Å². The number of esters is 1. The summed E-state index contributed by atoms with van der Waals surface area (Å²) >= 11 is 1.39. The monoisotopic (exact) mass is 919 g/mol. The maximum absolute atomic E-state index is 14.5. The van der Waals surface area contributed by atoms with E-state index in [1.807, 2.05) is 38.3 Å². The highest BCUT2D eigenvalue weighted by Gasteiger charge is 2.41. The van der Waals surface area contributed by atoms with Crippen LogP contribution in [0.4, 0.5) is 4.79 Å². The lowest BCUT2D eigenvalue weighted by Gasteiger charge is -2.43. The summed E-state index contributed by atoms with van der Waals surface area (Å²) in [4.78, 5) is 69.0. The lowest BCUT2D eigenvalue weighted by molar-refractivity contribution is -0.155. The molecule has 2 saturated heterocycles. The van der Waals surface area contributed by atoms with E-state index in [0.29, 0.717) is 37.4 Å². The number of methoxy groups -OCH3 is 1. The Bertz CT molecular complexity index is 2510. The zero-order chi connectivity index (χ0) is 46.2. The summed E-state index contributed by atoms with van der Waals surface area (Å²) in [7, 11) is -0.245. The summed E-state index contributed by atoms with van der Waals surface area (Å²) in [6.45, 7) is 13.3. The van der Waals surface area contributed by atoms with Crippen molar-refractivity contribution in [1.29, 1.82) is 0 Å². The van der Waals surface area contributed by atoms with Crippen LogP contribution in [0, 0.1) is 11.3 Å². The number of carbonyl (C=O) groups excluding carboxylic acids is 4. The molecule has 0 saturated carbocycles. The van der Waals surface area contributed by atoms with E-state index in [2.05, 4.69) is 59.0 Å². The minimum absolute atomic E-state index is 0.0511. The van der Waals surface area contributed by atoms with E-state index >= 15 is 0 Å². The van der Waals surface area contributed by atoms with Gasteiger partial charge in [-0.3, -0.25) is 24.4 Å². The maximum Gasteiger partial charge on any atom is 0.324 e.